The lowest BCUT2D eigenvalue weighted by molar-refractivity contribution is 0.0889. The highest BCUT2D eigenvalue weighted by molar-refractivity contribution is 4.92. The molecule has 1 saturated carbocycles. The van der Waals surface area contributed by atoms with Gasteiger partial charge in [-0.1, -0.05) is 33.1 Å². The lowest BCUT2D eigenvalue weighted by Gasteiger charge is -2.43. The van der Waals surface area contributed by atoms with Gasteiger partial charge in [-0.25, -0.2) is 0 Å². The van der Waals surface area contributed by atoms with E-state index in [9.17, 15) is 0 Å². The van der Waals surface area contributed by atoms with Crippen molar-refractivity contribution in [1.29, 1.82) is 0 Å². The average molecular weight is 295 g/mol. The molecule has 1 aliphatic carbocycles. The minimum absolute atomic E-state index is 0.243. The van der Waals surface area contributed by atoms with Gasteiger partial charge in [0.05, 0.1) is 0 Å². The predicted octanol–water partition coefficient (Wildman–Crippen LogP) is 4.30. The Morgan fingerprint density at radius 3 is 2.33 bits per heavy atom. The first-order valence-corrected chi connectivity index (χ1v) is 9.29. The fourth-order valence-corrected chi connectivity index (χ4v) is 4.08. The van der Waals surface area contributed by atoms with Crippen LogP contribution in [0.3, 0.4) is 0 Å². The molecule has 124 valence electrons. The number of nitrogens with one attached hydrogen (secondary N) is 1. The van der Waals surface area contributed by atoms with Crippen LogP contribution in [0.4, 0.5) is 0 Å². The van der Waals surface area contributed by atoms with Gasteiger partial charge in [-0.15, -0.1) is 0 Å². The van der Waals surface area contributed by atoms with Crippen molar-refractivity contribution in [3.05, 3.63) is 0 Å². The Morgan fingerprint density at radius 1 is 1.14 bits per heavy atom. The largest absolute Gasteiger partial charge is 0.311 e. The number of likely N-dealkylation sites (tertiary alicyclic amines) is 1. The molecule has 0 aromatic heterocycles. The van der Waals surface area contributed by atoms with Crippen LogP contribution in [-0.2, 0) is 0 Å². The summed E-state index contributed by atoms with van der Waals surface area (Å²) in [5.74, 6) is 1.90. The first-order chi connectivity index (χ1) is 9.82. The van der Waals surface area contributed by atoms with E-state index in [1.54, 1.807) is 0 Å². The van der Waals surface area contributed by atoms with Crippen LogP contribution in [0.5, 0.6) is 0 Å². The summed E-state index contributed by atoms with van der Waals surface area (Å²) in [6.07, 6.45) is 8.49. The summed E-state index contributed by atoms with van der Waals surface area (Å²) in [4.78, 5) is 2.77. The first kappa shape index (κ1) is 17.3. The Bertz CT molecular complexity index is 310. The Labute approximate surface area is 133 Å². The Kier molecular flexibility index (Phi) is 5.76. The average Bonchev–Trinajstić information content (AvgIpc) is 2.87. The summed E-state index contributed by atoms with van der Waals surface area (Å²) in [6.45, 7) is 16.9. The van der Waals surface area contributed by atoms with Crippen LogP contribution < -0.4 is 5.32 Å². The summed E-state index contributed by atoms with van der Waals surface area (Å²) in [5, 5.41) is 3.82. The third-order valence-electron chi connectivity index (χ3n) is 5.83. The van der Waals surface area contributed by atoms with E-state index in [2.05, 4.69) is 44.8 Å². The van der Waals surface area contributed by atoms with Gasteiger partial charge in [0.2, 0.25) is 0 Å². The maximum Gasteiger partial charge on any atom is 0.00967 e. The monoisotopic (exact) mass is 294 g/mol. The van der Waals surface area contributed by atoms with Crippen molar-refractivity contribution < 1.29 is 0 Å². The van der Waals surface area contributed by atoms with Crippen LogP contribution in [0.1, 0.15) is 73.1 Å². The van der Waals surface area contributed by atoms with Crippen molar-refractivity contribution in [3.8, 4) is 0 Å². The Morgan fingerprint density at radius 2 is 1.81 bits per heavy atom. The molecular weight excluding hydrogens is 256 g/mol. The van der Waals surface area contributed by atoms with E-state index in [-0.39, 0.29) is 5.54 Å². The van der Waals surface area contributed by atoms with Crippen molar-refractivity contribution >= 4 is 0 Å². The van der Waals surface area contributed by atoms with Gasteiger partial charge in [0.1, 0.15) is 0 Å². The minimum atomic E-state index is 0.243. The third kappa shape index (κ3) is 5.25. The zero-order valence-corrected chi connectivity index (χ0v) is 15.2. The lowest BCUT2D eigenvalue weighted by atomic mass is 9.70. The highest BCUT2D eigenvalue weighted by Gasteiger charge is 2.37. The maximum absolute atomic E-state index is 3.82. The number of hydrogen-bond donors (Lipinski definition) is 1. The molecule has 0 radical (unpaired) electrons. The third-order valence-corrected chi connectivity index (χ3v) is 5.83. The molecule has 2 rings (SSSR count). The second kappa shape index (κ2) is 7.00. The summed E-state index contributed by atoms with van der Waals surface area (Å²) < 4.78 is 0. The van der Waals surface area contributed by atoms with E-state index in [1.807, 2.05) is 0 Å². The fourth-order valence-electron chi connectivity index (χ4n) is 4.08. The van der Waals surface area contributed by atoms with Gasteiger partial charge in [0.15, 0.2) is 0 Å². The van der Waals surface area contributed by atoms with Crippen LogP contribution in [0.15, 0.2) is 0 Å². The molecule has 1 heterocycles. The molecule has 2 fully saturated rings. The molecule has 1 saturated heterocycles. The fraction of sp³-hybridized carbons (Fsp3) is 1.00. The van der Waals surface area contributed by atoms with Crippen molar-refractivity contribution in [2.75, 3.05) is 26.2 Å². The molecule has 2 heteroatoms. The van der Waals surface area contributed by atoms with Gasteiger partial charge in [-0.3, -0.25) is 0 Å². The normalized spacial score (nSPS) is 35.3. The van der Waals surface area contributed by atoms with E-state index < -0.39 is 0 Å². The van der Waals surface area contributed by atoms with Crippen molar-refractivity contribution in [2.24, 2.45) is 17.3 Å². The molecule has 0 spiro atoms. The van der Waals surface area contributed by atoms with E-state index in [0.717, 1.165) is 11.8 Å². The van der Waals surface area contributed by atoms with Crippen molar-refractivity contribution in [2.45, 2.75) is 78.7 Å². The molecule has 2 nitrogen and oxygen atoms in total. The summed E-state index contributed by atoms with van der Waals surface area (Å²) >= 11 is 0. The van der Waals surface area contributed by atoms with Crippen LogP contribution in [0, 0.1) is 17.3 Å². The molecule has 0 amide bonds. The standard InChI is InChI=1S/C19H38N2/c1-6-17-9-12-21(13-17)15-19(14-20-18(3,4)5)10-7-16(2)8-11-19/h16-17,20H,6-15H2,1-5H3. The lowest BCUT2D eigenvalue weighted by Crippen LogP contribution is -2.50. The Balaban J connectivity index is 1.95. The van der Waals surface area contributed by atoms with Crippen molar-refractivity contribution in [3.63, 3.8) is 0 Å². The molecule has 0 aromatic carbocycles. The number of rotatable bonds is 5. The van der Waals surface area contributed by atoms with Gasteiger partial charge in [0, 0.05) is 25.2 Å². The van der Waals surface area contributed by atoms with E-state index in [0.29, 0.717) is 5.41 Å². The van der Waals surface area contributed by atoms with E-state index in [4.69, 9.17) is 0 Å². The molecule has 0 bridgehead atoms. The molecule has 21 heavy (non-hydrogen) atoms. The van der Waals surface area contributed by atoms with Crippen LogP contribution >= 0.6 is 0 Å². The first-order valence-electron chi connectivity index (χ1n) is 9.29. The number of hydrogen-bond acceptors (Lipinski definition) is 2. The second-order valence-electron chi connectivity index (χ2n) is 9.08. The highest BCUT2D eigenvalue weighted by Crippen LogP contribution is 2.40. The van der Waals surface area contributed by atoms with Crippen LogP contribution in [0.25, 0.3) is 0 Å². The smallest absolute Gasteiger partial charge is 0.00967 e. The molecule has 1 N–H and O–H groups in total. The van der Waals surface area contributed by atoms with E-state index >= 15 is 0 Å². The number of nitrogens with zero attached hydrogens (tertiary/aromatic N) is 1. The molecule has 2 aliphatic rings. The van der Waals surface area contributed by atoms with Gasteiger partial charge in [-0.2, -0.15) is 0 Å². The molecule has 1 atom stereocenters. The van der Waals surface area contributed by atoms with Gasteiger partial charge in [0.25, 0.3) is 0 Å². The summed E-state index contributed by atoms with van der Waals surface area (Å²) in [6, 6.07) is 0. The topological polar surface area (TPSA) is 15.3 Å². The molecule has 1 aliphatic heterocycles. The van der Waals surface area contributed by atoms with Gasteiger partial charge in [-0.05, 0) is 63.8 Å². The second-order valence-corrected chi connectivity index (χ2v) is 9.08. The minimum Gasteiger partial charge on any atom is -0.311 e. The quantitative estimate of drug-likeness (QED) is 0.813. The zero-order chi connectivity index (χ0) is 15.5. The van der Waals surface area contributed by atoms with Crippen LogP contribution in [0.2, 0.25) is 0 Å². The summed E-state index contributed by atoms with van der Waals surface area (Å²) in [5.41, 5.74) is 0.773. The zero-order valence-electron chi connectivity index (χ0n) is 15.2. The highest BCUT2D eigenvalue weighted by atomic mass is 15.2. The predicted molar refractivity (Wildman–Crippen MR) is 92.7 cm³/mol. The molecule has 1 unspecified atom stereocenters. The van der Waals surface area contributed by atoms with Gasteiger partial charge < -0.3 is 10.2 Å². The molecular formula is C19H38N2. The van der Waals surface area contributed by atoms with Crippen molar-refractivity contribution in [1.82, 2.24) is 10.2 Å². The Hall–Kier alpha value is -0.0800. The molecule has 0 aromatic rings. The van der Waals surface area contributed by atoms with Gasteiger partial charge >= 0.3 is 0 Å². The maximum atomic E-state index is 3.82. The van der Waals surface area contributed by atoms with E-state index in [1.165, 1.54) is 64.7 Å². The summed E-state index contributed by atoms with van der Waals surface area (Å²) in [7, 11) is 0. The SMILES string of the molecule is CCC1CCN(CC2(CNC(C)(C)C)CCC(C)CC2)C1. The van der Waals surface area contributed by atoms with Crippen LogP contribution in [-0.4, -0.2) is 36.6 Å².